The van der Waals surface area contributed by atoms with Gasteiger partial charge < -0.3 is 15.0 Å². The van der Waals surface area contributed by atoms with Crippen LogP contribution < -0.4 is 10.1 Å². The fourth-order valence-electron chi connectivity index (χ4n) is 1.49. The molecule has 0 saturated heterocycles. The molecule has 0 spiro atoms. The van der Waals surface area contributed by atoms with Gasteiger partial charge >= 0.3 is 0 Å². The predicted molar refractivity (Wildman–Crippen MR) is 69.4 cm³/mol. The molecule has 0 amide bonds. The second-order valence-electron chi connectivity index (χ2n) is 4.71. The molecule has 1 heterocycles. The van der Waals surface area contributed by atoms with Gasteiger partial charge in [-0.25, -0.2) is 4.98 Å². The van der Waals surface area contributed by atoms with Crippen molar-refractivity contribution in [1.29, 1.82) is 0 Å². The Labute approximate surface area is 103 Å². The van der Waals surface area contributed by atoms with Crippen LogP contribution in [-0.2, 0) is 0 Å². The van der Waals surface area contributed by atoms with E-state index in [1.807, 2.05) is 34.9 Å². The Bertz CT molecular complexity index is 341. The maximum absolute atomic E-state index is 5.71. The minimum Gasteiger partial charge on any atom is -0.473 e. The molecule has 17 heavy (non-hydrogen) atoms. The predicted octanol–water partition coefficient (Wildman–Crippen LogP) is 1.63. The summed E-state index contributed by atoms with van der Waals surface area (Å²) in [5, 5.41) is 3.15. The molecule has 0 radical (unpaired) electrons. The highest BCUT2D eigenvalue weighted by molar-refractivity contribution is 5.28. The van der Waals surface area contributed by atoms with E-state index in [4.69, 9.17) is 4.74 Å². The Kier molecular flexibility index (Phi) is 5.15. The molecule has 1 atom stereocenters. The molecular weight excluding hydrogens is 216 g/mol. The van der Waals surface area contributed by atoms with Gasteiger partial charge in [0.15, 0.2) is 0 Å². The summed E-state index contributed by atoms with van der Waals surface area (Å²) < 4.78 is 5.71. The fourth-order valence-corrected chi connectivity index (χ4v) is 1.49. The zero-order valence-electron chi connectivity index (χ0n) is 11.3. The minimum absolute atomic E-state index is 0.104. The lowest BCUT2D eigenvalue weighted by Crippen LogP contribution is -2.28. The van der Waals surface area contributed by atoms with Crippen LogP contribution in [0.4, 0.5) is 5.95 Å². The number of hydrogen-bond acceptors (Lipinski definition) is 5. The highest BCUT2D eigenvalue weighted by Gasteiger charge is 2.07. The van der Waals surface area contributed by atoms with E-state index >= 15 is 0 Å². The first-order valence-corrected chi connectivity index (χ1v) is 5.88. The van der Waals surface area contributed by atoms with E-state index in [-0.39, 0.29) is 6.10 Å². The second kappa shape index (κ2) is 6.39. The zero-order chi connectivity index (χ0) is 12.8. The van der Waals surface area contributed by atoms with Crippen molar-refractivity contribution < 1.29 is 4.74 Å². The van der Waals surface area contributed by atoms with Gasteiger partial charge in [-0.15, -0.1) is 0 Å². The third-order valence-corrected chi connectivity index (χ3v) is 1.99. The van der Waals surface area contributed by atoms with Gasteiger partial charge in [-0.05, 0) is 34.9 Å². The highest BCUT2D eigenvalue weighted by Crippen LogP contribution is 2.11. The fraction of sp³-hybridized carbons (Fsp3) is 0.667. The van der Waals surface area contributed by atoms with Gasteiger partial charge in [-0.3, -0.25) is 0 Å². The maximum atomic E-state index is 5.71. The van der Waals surface area contributed by atoms with E-state index < -0.39 is 0 Å². The number of likely N-dealkylation sites (N-methyl/N-ethyl adjacent to an activating group) is 1. The molecule has 0 aliphatic carbocycles. The van der Waals surface area contributed by atoms with Crippen LogP contribution >= 0.6 is 0 Å². The summed E-state index contributed by atoms with van der Waals surface area (Å²) in [5.74, 6) is 1.21. The number of nitrogens with zero attached hydrogens (tertiary/aromatic N) is 3. The van der Waals surface area contributed by atoms with Crippen molar-refractivity contribution in [2.24, 2.45) is 0 Å². The van der Waals surface area contributed by atoms with E-state index in [1.165, 1.54) is 0 Å². The molecule has 0 bridgehead atoms. The summed E-state index contributed by atoms with van der Waals surface area (Å²) in [7, 11) is 4.04. The van der Waals surface area contributed by atoms with Crippen molar-refractivity contribution in [2.75, 3.05) is 26.0 Å². The summed E-state index contributed by atoms with van der Waals surface area (Å²) in [4.78, 5) is 10.5. The van der Waals surface area contributed by atoms with Crippen molar-refractivity contribution in [3.8, 4) is 5.88 Å². The van der Waals surface area contributed by atoms with Gasteiger partial charge in [0.25, 0.3) is 0 Å². The monoisotopic (exact) mass is 238 g/mol. The van der Waals surface area contributed by atoms with Crippen LogP contribution in [0.1, 0.15) is 20.8 Å². The van der Waals surface area contributed by atoms with Gasteiger partial charge in [-0.1, -0.05) is 0 Å². The molecule has 0 aliphatic heterocycles. The van der Waals surface area contributed by atoms with E-state index in [0.29, 0.717) is 17.9 Å². The third-order valence-electron chi connectivity index (χ3n) is 1.99. The van der Waals surface area contributed by atoms with Crippen LogP contribution in [-0.4, -0.2) is 47.7 Å². The third kappa shape index (κ3) is 5.49. The molecule has 1 rings (SSSR count). The average Bonchev–Trinajstić information content (AvgIpc) is 2.14. The molecule has 96 valence electrons. The first-order chi connectivity index (χ1) is 7.97. The van der Waals surface area contributed by atoms with Crippen molar-refractivity contribution in [3.63, 3.8) is 0 Å². The Morgan fingerprint density at radius 2 is 2.06 bits per heavy atom. The smallest absolute Gasteiger partial charge is 0.226 e. The van der Waals surface area contributed by atoms with Crippen molar-refractivity contribution >= 4 is 5.95 Å². The summed E-state index contributed by atoms with van der Waals surface area (Å²) in [6.45, 7) is 6.98. The number of hydrogen-bond donors (Lipinski definition) is 1. The van der Waals surface area contributed by atoms with E-state index in [0.717, 1.165) is 6.54 Å². The summed E-state index contributed by atoms with van der Waals surface area (Å²) in [5.41, 5.74) is 0. The van der Waals surface area contributed by atoms with Crippen molar-refractivity contribution in [2.45, 2.75) is 32.9 Å². The Balaban J connectivity index is 2.59. The van der Waals surface area contributed by atoms with Gasteiger partial charge in [0.2, 0.25) is 11.8 Å². The SMILES string of the molecule is CC(C)Nc1nccc(OC(C)CN(C)C)n1. The molecule has 0 fully saturated rings. The van der Waals surface area contributed by atoms with Crippen LogP contribution in [0.25, 0.3) is 0 Å². The molecule has 5 heteroatoms. The largest absolute Gasteiger partial charge is 0.473 e. The minimum atomic E-state index is 0.104. The first-order valence-electron chi connectivity index (χ1n) is 5.88. The lowest BCUT2D eigenvalue weighted by atomic mass is 10.4. The second-order valence-corrected chi connectivity index (χ2v) is 4.71. The Morgan fingerprint density at radius 3 is 2.65 bits per heavy atom. The van der Waals surface area contributed by atoms with E-state index in [1.54, 1.807) is 12.3 Å². The first kappa shape index (κ1) is 13.7. The summed E-state index contributed by atoms with van der Waals surface area (Å²) in [6, 6.07) is 2.09. The van der Waals surface area contributed by atoms with Gasteiger partial charge in [-0.2, -0.15) is 4.98 Å². The number of ether oxygens (including phenoxy) is 1. The molecule has 1 N–H and O–H groups in total. The molecule has 1 unspecified atom stereocenters. The van der Waals surface area contributed by atoms with E-state index in [9.17, 15) is 0 Å². The lowest BCUT2D eigenvalue weighted by molar-refractivity contribution is 0.170. The van der Waals surface area contributed by atoms with Crippen LogP contribution in [0, 0.1) is 0 Å². The molecule has 5 nitrogen and oxygen atoms in total. The van der Waals surface area contributed by atoms with Gasteiger partial charge in [0.1, 0.15) is 6.10 Å². The normalized spacial score (nSPS) is 12.9. The van der Waals surface area contributed by atoms with Gasteiger partial charge in [0, 0.05) is 24.8 Å². The topological polar surface area (TPSA) is 50.3 Å². The zero-order valence-corrected chi connectivity index (χ0v) is 11.3. The number of aromatic nitrogens is 2. The number of rotatable bonds is 6. The van der Waals surface area contributed by atoms with Crippen LogP contribution in [0.5, 0.6) is 5.88 Å². The summed E-state index contributed by atoms with van der Waals surface area (Å²) in [6.07, 6.45) is 1.81. The Hall–Kier alpha value is -1.36. The molecule has 1 aromatic heterocycles. The van der Waals surface area contributed by atoms with E-state index in [2.05, 4.69) is 20.2 Å². The molecule has 0 aliphatic rings. The van der Waals surface area contributed by atoms with Crippen molar-refractivity contribution in [1.82, 2.24) is 14.9 Å². The standard InChI is InChI=1S/C12H22N4O/c1-9(2)14-12-13-7-6-11(15-12)17-10(3)8-16(4)5/h6-7,9-10H,8H2,1-5H3,(H,13,14,15). The number of nitrogens with one attached hydrogen (secondary N) is 1. The quantitative estimate of drug-likeness (QED) is 0.816. The van der Waals surface area contributed by atoms with Crippen LogP contribution in [0.15, 0.2) is 12.3 Å². The van der Waals surface area contributed by atoms with Crippen molar-refractivity contribution in [3.05, 3.63) is 12.3 Å². The average molecular weight is 238 g/mol. The van der Waals surface area contributed by atoms with Gasteiger partial charge in [0.05, 0.1) is 0 Å². The maximum Gasteiger partial charge on any atom is 0.226 e. The highest BCUT2D eigenvalue weighted by atomic mass is 16.5. The van der Waals surface area contributed by atoms with Crippen LogP contribution in [0.2, 0.25) is 0 Å². The lowest BCUT2D eigenvalue weighted by Gasteiger charge is -2.18. The number of anilines is 1. The van der Waals surface area contributed by atoms with Crippen LogP contribution in [0.3, 0.4) is 0 Å². The Morgan fingerprint density at radius 1 is 1.35 bits per heavy atom. The molecule has 0 saturated carbocycles. The molecule has 1 aromatic rings. The summed E-state index contributed by atoms with van der Waals surface area (Å²) >= 11 is 0. The molecular formula is C12H22N4O. The molecule has 0 aromatic carbocycles.